The van der Waals surface area contributed by atoms with E-state index in [9.17, 15) is 9.18 Å². The number of likely N-dealkylation sites (N-methyl/N-ethyl adjacent to an activating group) is 2. The molecular weight excluding hydrogens is 255 g/mol. The van der Waals surface area contributed by atoms with E-state index in [1.807, 2.05) is 14.0 Å². The zero-order valence-corrected chi connectivity index (χ0v) is 12.5. The topological polar surface area (TPSA) is 23.6 Å². The molecule has 110 valence electrons. The van der Waals surface area contributed by atoms with Gasteiger partial charge in [-0.25, -0.2) is 4.39 Å². The van der Waals surface area contributed by atoms with Crippen molar-refractivity contribution in [3.05, 3.63) is 35.1 Å². The molecule has 1 aliphatic heterocycles. The fourth-order valence-corrected chi connectivity index (χ4v) is 2.78. The smallest absolute Gasteiger partial charge is 0.155 e. The van der Waals surface area contributed by atoms with Gasteiger partial charge in [-0.3, -0.25) is 9.69 Å². The van der Waals surface area contributed by atoms with Crippen LogP contribution < -0.4 is 0 Å². The highest BCUT2D eigenvalue weighted by Crippen LogP contribution is 2.15. The third kappa shape index (κ3) is 3.64. The predicted octanol–water partition coefficient (Wildman–Crippen LogP) is 1.88. The lowest BCUT2D eigenvalue weighted by atomic mass is 9.99. The molecule has 20 heavy (non-hydrogen) atoms. The number of halogens is 1. The number of Topliss-reactive ketones (excluding diaryl/α,β-unsaturated/α-hetero) is 1. The minimum absolute atomic E-state index is 0.0630. The summed E-state index contributed by atoms with van der Waals surface area (Å²) in [6.07, 6.45) is 1.47. The van der Waals surface area contributed by atoms with Crippen LogP contribution in [-0.4, -0.2) is 55.4 Å². The summed E-state index contributed by atoms with van der Waals surface area (Å²) in [6, 6.07) is 4.58. The molecule has 1 aromatic carbocycles. The molecule has 0 aromatic heterocycles. The summed E-state index contributed by atoms with van der Waals surface area (Å²) in [7, 11) is 4.07. The standard InChI is InChI=1S/C16H23FN2O/c1-12-9-14(17)6-5-13(12)10-16(20)15-11-18(2)7-4-8-19(15)3/h5-6,9,15H,4,7-8,10-11H2,1-3H3. The number of aryl methyl sites for hydroxylation is 1. The van der Waals surface area contributed by atoms with Crippen molar-refractivity contribution >= 4 is 5.78 Å². The molecule has 2 rings (SSSR count). The summed E-state index contributed by atoms with van der Waals surface area (Å²) in [6.45, 7) is 4.61. The molecule has 1 aromatic rings. The largest absolute Gasteiger partial charge is 0.304 e. The van der Waals surface area contributed by atoms with Crippen molar-refractivity contribution in [1.82, 2.24) is 9.80 Å². The molecule has 0 radical (unpaired) electrons. The molecule has 1 heterocycles. The van der Waals surface area contributed by atoms with Crippen LogP contribution in [0.15, 0.2) is 18.2 Å². The molecular formula is C16H23FN2O. The van der Waals surface area contributed by atoms with Gasteiger partial charge in [0, 0.05) is 13.0 Å². The zero-order valence-electron chi connectivity index (χ0n) is 12.5. The molecule has 0 N–H and O–H groups in total. The molecule has 0 saturated carbocycles. The fourth-order valence-electron chi connectivity index (χ4n) is 2.78. The molecule has 1 fully saturated rings. The monoisotopic (exact) mass is 278 g/mol. The number of hydrogen-bond donors (Lipinski definition) is 0. The first-order chi connectivity index (χ1) is 9.47. The Hall–Kier alpha value is -1.26. The van der Waals surface area contributed by atoms with Crippen LogP contribution >= 0.6 is 0 Å². The summed E-state index contributed by atoms with van der Waals surface area (Å²) in [4.78, 5) is 16.9. The van der Waals surface area contributed by atoms with E-state index >= 15 is 0 Å². The highest BCUT2D eigenvalue weighted by molar-refractivity contribution is 5.86. The number of rotatable bonds is 3. The van der Waals surface area contributed by atoms with Crippen LogP contribution in [0.25, 0.3) is 0 Å². The number of hydrogen-bond acceptors (Lipinski definition) is 3. The van der Waals surface area contributed by atoms with E-state index in [-0.39, 0.29) is 17.6 Å². The second-order valence-electron chi connectivity index (χ2n) is 5.83. The van der Waals surface area contributed by atoms with Gasteiger partial charge < -0.3 is 4.90 Å². The van der Waals surface area contributed by atoms with E-state index < -0.39 is 0 Å². The lowest BCUT2D eigenvalue weighted by molar-refractivity contribution is -0.123. The van der Waals surface area contributed by atoms with E-state index in [1.165, 1.54) is 12.1 Å². The molecule has 0 bridgehead atoms. The van der Waals surface area contributed by atoms with Crippen molar-refractivity contribution in [2.24, 2.45) is 0 Å². The summed E-state index contributed by atoms with van der Waals surface area (Å²) in [5, 5.41) is 0. The van der Waals surface area contributed by atoms with Gasteiger partial charge in [-0.2, -0.15) is 0 Å². The summed E-state index contributed by atoms with van der Waals surface area (Å²) in [5.74, 6) is -0.0269. The molecule has 0 amide bonds. The Morgan fingerprint density at radius 1 is 1.35 bits per heavy atom. The van der Waals surface area contributed by atoms with Crippen LogP contribution in [0.2, 0.25) is 0 Å². The van der Waals surface area contributed by atoms with Gasteiger partial charge in [-0.1, -0.05) is 6.07 Å². The number of ketones is 1. The van der Waals surface area contributed by atoms with Gasteiger partial charge in [0.1, 0.15) is 5.82 Å². The average molecular weight is 278 g/mol. The minimum atomic E-state index is -0.245. The SMILES string of the molecule is Cc1cc(F)ccc1CC(=O)C1CN(C)CCCN1C. The Kier molecular flexibility index (Phi) is 4.89. The number of carbonyl (C=O) groups excluding carboxylic acids is 1. The van der Waals surface area contributed by atoms with E-state index in [2.05, 4.69) is 16.8 Å². The van der Waals surface area contributed by atoms with Gasteiger partial charge in [-0.15, -0.1) is 0 Å². The minimum Gasteiger partial charge on any atom is -0.304 e. The van der Waals surface area contributed by atoms with Crippen LogP contribution in [0.3, 0.4) is 0 Å². The van der Waals surface area contributed by atoms with E-state index in [0.29, 0.717) is 6.42 Å². The normalized spacial score (nSPS) is 21.7. The Morgan fingerprint density at radius 2 is 2.10 bits per heavy atom. The van der Waals surface area contributed by atoms with Crippen LogP contribution in [0, 0.1) is 12.7 Å². The summed E-state index contributed by atoms with van der Waals surface area (Å²) in [5.41, 5.74) is 1.78. The summed E-state index contributed by atoms with van der Waals surface area (Å²) >= 11 is 0. The molecule has 0 spiro atoms. The molecule has 1 atom stereocenters. The van der Waals surface area contributed by atoms with Gasteiger partial charge in [0.05, 0.1) is 6.04 Å². The Balaban J connectivity index is 2.09. The quantitative estimate of drug-likeness (QED) is 0.843. The molecule has 1 unspecified atom stereocenters. The third-order valence-corrected chi connectivity index (χ3v) is 4.11. The molecule has 0 aliphatic carbocycles. The van der Waals surface area contributed by atoms with Gasteiger partial charge in [0.15, 0.2) is 5.78 Å². The predicted molar refractivity (Wildman–Crippen MR) is 78.4 cm³/mol. The van der Waals surface area contributed by atoms with Crippen molar-refractivity contribution in [1.29, 1.82) is 0 Å². The van der Waals surface area contributed by atoms with Crippen LogP contribution in [0.5, 0.6) is 0 Å². The van der Waals surface area contributed by atoms with Gasteiger partial charge in [0.2, 0.25) is 0 Å². The van der Waals surface area contributed by atoms with Crippen molar-refractivity contribution in [3.63, 3.8) is 0 Å². The first-order valence-corrected chi connectivity index (χ1v) is 7.14. The van der Waals surface area contributed by atoms with Crippen LogP contribution in [0.1, 0.15) is 17.5 Å². The maximum atomic E-state index is 13.1. The van der Waals surface area contributed by atoms with Crippen LogP contribution in [-0.2, 0) is 11.2 Å². The van der Waals surface area contributed by atoms with Gasteiger partial charge in [-0.05, 0) is 63.8 Å². The second kappa shape index (κ2) is 6.46. The molecule has 1 saturated heterocycles. The maximum absolute atomic E-state index is 13.1. The number of benzene rings is 1. The van der Waals surface area contributed by atoms with Gasteiger partial charge >= 0.3 is 0 Å². The van der Waals surface area contributed by atoms with E-state index in [1.54, 1.807) is 6.07 Å². The maximum Gasteiger partial charge on any atom is 0.155 e. The van der Waals surface area contributed by atoms with Crippen molar-refractivity contribution in [3.8, 4) is 0 Å². The number of nitrogens with zero attached hydrogens (tertiary/aromatic N) is 2. The van der Waals surface area contributed by atoms with Crippen molar-refractivity contribution in [2.75, 3.05) is 33.7 Å². The molecule has 3 nitrogen and oxygen atoms in total. The Bertz CT molecular complexity index is 489. The molecule has 1 aliphatic rings. The van der Waals surface area contributed by atoms with Gasteiger partial charge in [0.25, 0.3) is 0 Å². The lowest BCUT2D eigenvalue weighted by Gasteiger charge is -2.26. The molecule has 4 heteroatoms. The van der Waals surface area contributed by atoms with E-state index in [4.69, 9.17) is 0 Å². The highest BCUT2D eigenvalue weighted by Gasteiger charge is 2.26. The summed E-state index contributed by atoms with van der Waals surface area (Å²) < 4.78 is 13.1. The zero-order chi connectivity index (χ0) is 14.7. The van der Waals surface area contributed by atoms with E-state index in [0.717, 1.165) is 37.2 Å². The first kappa shape index (κ1) is 15.1. The average Bonchev–Trinajstić information content (AvgIpc) is 2.54. The second-order valence-corrected chi connectivity index (χ2v) is 5.83. The Morgan fingerprint density at radius 3 is 2.80 bits per heavy atom. The third-order valence-electron chi connectivity index (χ3n) is 4.11. The first-order valence-electron chi connectivity index (χ1n) is 7.14. The Labute approximate surface area is 120 Å². The lowest BCUT2D eigenvalue weighted by Crippen LogP contribution is -2.44. The highest BCUT2D eigenvalue weighted by atomic mass is 19.1. The number of carbonyl (C=O) groups is 1. The van der Waals surface area contributed by atoms with Crippen molar-refractivity contribution < 1.29 is 9.18 Å². The fraction of sp³-hybridized carbons (Fsp3) is 0.562. The van der Waals surface area contributed by atoms with Crippen LogP contribution in [0.4, 0.5) is 4.39 Å². The van der Waals surface area contributed by atoms with Crippen molar-refractivity contribution in [2.45, 2.75) is 25.8 Å².